The molecule has 19 heavy (non-hydrogen) atoms. The fourth-order valence-electron chi connectivity index (χ4n) is 2.63. The maximum absolute atomic E-state index is 6.48. The van der Waals surface area contributed by atoms with Crippen LogP contribution in [0.5, 0.6) is 0 Å². The first-order valence-electron chi connectivity index (χ1n) is 6.98. The van der Waals surface area contributed by atoms with Crippen molar-refractivity contribution in [1.29, 1.82) is 0 Å². The van der Waals surface area contributed by atoms with E-state index in [1.807, 2.05) is 0 Å². The Bertz CT molecular complexity index is 401. The van der Waals surface area contributed by atoms with Gasteiger partial charge in [-0.1, -0.05) is 13.8 Å². The zero-order valence-corrected chi connectivity index (χ0v) is 12.9. The number of nitrogens with two attached hydrogens (primary N) is 1. The first-order chi connectivity index (χ1) is 9.10. The summed E-state index contributed by atoms with van der Waals surface area (Å²) in [6, 6.07) is 0. The first kappa shape index (κ1) is 14.9. The number of hydrogen-bond acceptors (Lipinski definition) is 5. The van der Waals surface area contributed by atoms with Gasteiger partial charge in [-0.05, 0) is 25.7 Å². The predicted molar refractivity (Wildman–Crippen MR) is 77.3 cm³/mol. The van der Waals surface area contributed by atoms with Gasteiger partial charge in [0.15, 0.2) is 0 Å². The summed E-state index contributed by atoms with van der Waals surface area (Å²) in [4.78, 5) is 4.80. The molecule has 1 aliphatic rings. The summed E-state index contributed by atoms with van der Waals surface area (Å²) in [6.45, 7) is 5.72. The summed E-state index contributed by atoms with van der Waals surface area (Å²) in [5.74, 6) is 0. The molecule has 0 aliphatic carbocycles. The molecule has 1 aromatic rings. The zero-order chi connectivity index (χ0) is 13.9. The Morgan fingerprint density at radius 3 is 2.58 bits per heavy atom. The van der Waals surface area contributed by atoms with Crippen molar-refractivity contribution in [2.24, 2.45) is 5.73 Å². The van der Waals surface area contributed by atoms with Gasteiger partial charge in [0, 0.05) is 25.7 Å². The van der Waals surface area contributed by atoms with Crippen LogP contribution in [0.15, 0.2) is 5.38 Å². The van der Waals surface area contributed by atoms with E-state index in [9.17, 15) is 0 Å². The lowest BCUT2D eigenvalue weighted by atomic mass is 9.88. The molecule has 0 bridgehead atoms. The van der Waals surface area contributed by atoms with Crippen LogP contribution in [0.1, 0.15) is 50.2 Å². The van der Waals surface area contributed by atoms with Crippen LogP contribution in [0.25, 0.3) is 0 Å². The van der Waals surface area contributed by atoms with Crippen LogP contribution in [-0.4, -0.2) is 25.3 Å². The second-order valence-corrected chi connectivity index (χ2v) is 6.07. The van der Waals surface area contributed by atoms with E-state index in [1.165, 1.54) is 0 Å². The molecule has 0 spiro atoms. The summed E-state index contributed by atoms with van der Waals surface area (Å²) in [6.07, 6.45) is 3.53. The van der Waals surface area contributed by atoms with Gasteiger partial charge >= 0.3 is 0 Å². The lowest BCUT2D eigenvalue weighted by Crippen LogP contribution is -2.42. The van der Waals surface area contributed by atoms with Crippen molar-refractivity contribution >= 4 is 11.3 Å². The van der Waals surface area contributed by atoms with Crippen LogP contribution >= 0.6 is 11.3 Å². The Kier molecular flexibility index (Phi) is 4.61. The lowest BCUT2D eigenvalue weighted by molar-refractivity contribution is -0.0223. The van der Waals surface area contributed by atoms with Gasteiger partial charge in [0.05, 0.1) is 11.2 Å². The van der Waals surface area contributed by atoms with Gasteiger partial charge in [-0.3, -0.25) is 0 Å². The van der Waals surface area contributed by atoms with Gasteiger partial charge in [-0.15, -0.1) is 11.3 Å². The average molecular weight is 284 g/mol. The topological polar surface area (TPSA) is 57.4 Å². The van der Waals surface area contributed by atoms with E-state index < -0.39 is 0 Å². The second-order valence-electron chi connectivity index (χ2n) is 5.21. The Morgan fingerprint density at radius 1 is 1.42 bits per heavy atom. The van der Waals surface area contributed by atoms with E-state index >= 15 is 0 Å². The molecular weight excluding hydrogens is 260 g/mol. The fourth-order valence-corrected chi connectivity index (χ4v) is 3.88. The largest absolute Gasteiger partial charge is 0.381 e. The van der Waals surface area contributed by atoms with Crippen LogP contribution in [0.2, 0.25) is 0 Å². The SMILES string of the molecule is CCC(CC)(OC)c1nc(C2(N)CCOCC2)cs1. The minimum atomic E-state index is -0.325. The number of aromatic nitrogens is 1. The highest BCUT2D eigenvalue weighted by atomic mass is 32.1. The molecule has 0 amide bonds. The molecule has 0 unspecified atom stereocenters. The van der Waals surface area contributed by atoms with Crippen molar-refractivity contribution in [3.05, 3.63) is 16.1 Å². The normalized spacial score (nSPS) is 19.6. The predicted octanol–water partition coefficient (Wildman–Crippen LogP) is 2.77. The van der Waals surface area contributed by atoms with E-state index in [0.29, 0.717) is 0 Å². The van der Waals surface area contributed by atoms with Crippen molar-refractivity contribution in [3.63, 3.8) is 0 Å². The first-order valence-corrected chi connectivity index (χ1v) is 7.86. The minimum absolute atomic E-state index is 0.259. The quantitative estimate of drug-likeness (QED) is 0.903. The highest BCUT2D eigenvalue weighted by Gasteiger charge is 2.36. The number of hydrogen-bond donors (Lipinski definition) is 1. The Hall–Kier alpha value is -0.490. The van der Waals surface area contributed by atoms with Crippen LogP contribution in [0.3, 0.4) is 0 Å². The average Bonchev–Trinajstić information content (AvgIpc) is 2.93. The van der Waals surface area contributed by atoms with Gasteiger partial charge < -0.3 is 15.2 Å². The third-order valence-corrected chi connectivity index (χ3v) is 5.35. The van der Waals surface area contributed by atoms with E-state index in [-0.39, 0.29) is 11.1 Å². The molecule has 0 aromatic carbocycles. The molecule has 2 rings (SSSR count). The van der Waals surface area contributed by atoms with Crippen LogP contribution < -0.4 is 5.73 Å². The van der Waals surface area contributed by atoms with Crippen molar-refractivity contribution in [2.75, 3.05) is 20.3 Å². The van der Waals surface area contributed by atoms with Crippen LogP contribution in [-0.2, 0) is 20.6 Å². The van der Waals surface area contributed by atoms with Gasteiger partial charge in [-0.25, -0.2) is 4.98 Å². The highest BCUT2D eigenvalue weighted by molar-refractivity contribution is 7.09. The van der Waals surface area contributed by atoms with Gasteiger partial charge in [-0.2, -0.15) is 0 Å². The molecule has 0 radical (unpaired) electrons. The van der Waals surface area contributed by atoms with E-state index in [1.54, 1.807) is 18.4 Å². The molecule has 2 N–H and O–H groups in total. The van der Waals surface area contributed by atoms with E-state index in [4.69, 9.17) is 20.2 Å². The molecule has 1 fully saturated rings. The van der Waals surface area contributed by atoms with E-state index in [2.05, 4.69) is 19.2 Å². The zero-order valence-electron chi connectivity index (χ0n) is 12.1. The van der Waals surface area contributed by atoms with Crippen LogP contribution in [0.4, 0.5) is 0 Å². The number of thiazole rings is 1. The molecule has 5 heteroatoms. The van der Waals surface area contributed by atoms with Crippen molar-refractivity contribution in [3.8, 4) is 0 Å². The molecule has 4 nitrogen and oxygen atoms in total. The lowest BCUT2D eigenvalue weighted by Gasteiger charge is -2.32. The Balaban J connectivity index is 2.27. The molecule has 1 aromatic heterocycles. The van der Waals surface area contributed by atoms with E-state index in [0.717, 1.165) is 49.6 Å². The maximum Gasteiger partial charge on any atom is 0.125 e. The summed E-state index contributed by atoms with van der Waals surface area (Å²) in [5, 5.41) is 3.14. The van der Waals surface area contributed by atoms with Gasteiger partial charge in [0.2, 0.25) is 0 Å². The van der Waals surface area contributed by atoms with Crippen molar-refractivity contribution < 1.29 is 9.47 Å². The molecular formula is C14H24N2O2S. The third-order valence-electron chi connectivity index (χ3n) is 4.32. The second kappa shape index (κ2) is 5.87. The number of methoxy groups -OCH3 is 1. The summed E-state index contributed by atoms with van der Waals surface area (Å²) in [5.41, 5.74) is 6.90. The molecule has 1 aliphatic heterocycles. The third kappa shape index (κ3) is 2.70. The summed E-state index contributed by atoms with van der Waals surface area (Å²) in [7, 11) is 1.76. The standard InChI is InChI=1S/C14H24N2O2S/c1-4-14(5-2,17-3)12-16-11(10-19-12)13(15)6-8-18-9-7-13/h10H,4-9,15H2,1-3H3. The Labute approximate surface area is 119 Å². The number of rotatable bonds is 5. The minimum Gasteiger partial charge on any atom is -0.381 e. The number of ether oxygens (including phenoxy) is 2. The molecule has 108 valence electrons. The molecule has 0 atom stereocenters. The summed E-state index contributed by atoms with van der Waals surface area (Å²) >= 11 is 1.67. The summed E-state index contributed by atoms with van der Waals surface area (Å²) < 4.78 is 11.1. The molecule has 1 saturated heterocycles. The van der Waals surface area contributed by atoms with Crippen molar-refractivity contribution in [2.45, 2.75) is 50.7 Å². The smallest absolute Gasteiger partial charge is 0.125 e. The van der Waals surface area contributed by atoms with Crippen molar-refractivity contribution in [1.82, 2.24) is 4.98 Å². The maximum atomic E-state index is 6.48. The van der Waals surface area contributed by atoms with Gasteiger partial charge in [0.25, 0.3) is 0 Å². The van der Waals surface area contributed by atoms with Crippen LogP contribution in [0, 0.1) is 0 Å². The monoisotopic (exact) mass is 284 g/mol. The fraction of sp³-hybridized carbons (Fsp3) is 0.786. The number of nitrogens with zero attached hydrogens (tertiary/aromatic N) is 1. The Morgan fingerprint density at radius 2 is 2.05 bits per heavy atom. The van der Waals surface area contributed by atoms with Gasteiger partial charge in [0.1, 0.15) is 10.6 Å². The molecule has 0 saturated carbocycles. The highest BCUT2D eigenvalue weighted by Crippen LogP contribution is 2.37. The molecule has 2 heterocycles.